The van der Waals surface area contributed by atoms with E-state index >= 15 is 0 Å². The van der Waals surface area contributed by atoms with Crippen LogP contribution in [0.1, 0.15) is 27.5 Å². The Kier molecular flexibility index (Phi) is 4.49. The first-order valence-corrected chi connectivity index (χ1v) is 10.4. The number of ether oxygens (including phenoxy) is 1. The Balaban J connectivity index is 1.34. The standard InChI is InChI=1S/C19H18ClFN4O2S/c20-13-5-10(21)6-15-12(13)7-16(23-15)18(26)25-3-1-14-17(8-25)28-19(24-14)22-11-2-4-27-9-11/h5-7,11,23H,1-4,8-9H2,(H,22,24). The van der Waals surface area contributed by atoms with Crippen LogP contribution in [0.25, 0.3) is 10.9 Å². The first-order valence-electron chi connectivity index (χ1n) is 9.17. The van der Waals surface area contributed by atoms with E-state index in [2.05, 4.69) is 15.3 Å². The lowest BCUT2D eigenvalue weighted by atomic mass is 10.1. The number of thiazole rings is 1. The van der Waals surface area contributed by atoms with E-state index < -0.39 is 5.82 Å². The second-order valence-corrected chi connectivity index (χ2v) is 8.59. The molecule has 0 radical (unpaired) electrons. The molecule has 2 aliphatic rings. The zero-order chi connectivity index (χ0) is 19.3. The summed E-state index contributed by atoms with van der Waals surface area (Å²) in [5, 5.41) is 5.25. The number of hydrogen-bond acceptors (Lipinski definition) is 5. The minimum absolute atomic E-state index is 0.120. The van der Waals surface area contributed by atoms with Crippen molar-refractivity contribution in [3.63, 3.8) is 0 Å². The second kappa shape index (κ2) is 7.02. The molecule has 0 saturated carbocycles. The van der Waals surface area contributed by atoms with Gasteiger partial charge in [-0.05, 0) is 24.6 Å². The minimum atomic E-state index is -0.432. The van der Waals surface area contributed by atoms with Crippen LogP contribution in [-0.2, 0) is 17.7 Å². The van der Waals surface area contributed by atoms with Crippen LogP contribution in [0.2, 0.25) is 5.02 Å². The lowest BCUT2D eigenvalue weighted by molar-refractivity contribution is 0.0731. The van der Waals surface area contributed by atoms with Crippen molar-refractivity contribution >= 4 is 44.9 Å². The molecule has 2 N–H and O–H groups in total. The minimum Gasteiger partial charge on any atom is -0.379 e. The summed E-state index contributed by atoms with van der Waals surface area (Å²) in [6, 6.07) is 4.59. The predicted octanol–water partition coefficient (Wildman–Crippen LogP) is 3.82. The van der Waals surface area contributed by atoms with Crippen molar-refractivity contribution in [3.8, 4) is 0 Å². The van der Waals surface area contributed by atoms with Crippen molar-refractivity contribution in [2.75, 3.05) is 25.1 Å². The number of carbonyl (C=O) groups excluding carboxylic acids is 1. The van der Waals surface area contributed by atoms with Crippen molar-refractivity contribution in [3.05, 3.63) is 45.3 Å². The van der Waals surface area contributed by atoms with Crippen LogP contribution in [-0.4, -0.2) is 46.6 Å². The molecule has 1 saturated heterocycles. The average molecular weight is 421 g/mol. The van der Waals surface area contributed by atoms with E-state index in [1.807, 2.05) is 0 Å². The average Bonchev–Trinajstić information content (AvgIpc) is 3.39. The number of carbonyl (C=O) groups is 1. The van der Waals surface area contributed by atoms with Gasteiger partial charge in [0.05, 0.1) is 35.4 Å². The highest BCUT2D eigenvalue weighted by Gasteiger charge is 2.27. The van der Waals surface area contributed by atoms with Gasteiger partial charge in [0, 0.05) is 29.8 Å². The molecular formula is C19H18ClFN4O2S. The molecule has 1 amide bonds. The number of aromatic nitrogens is 2. The SMILES string of the molecule is O=C(c1cc2c(Cl)cc(F)cc2[nH]1)N1CCc2nc(NC3CCOC3)sc2C1. The Morgan fingerprint density at radius 1 is 1.43 bits per heavy atom. The van der Waals surface area contributed by atoms with E-state index in [-0.39, 0.29) is 5.91 Å². The van der Waals surface area contributed by atoms with E-state index in [0.717, 1.165) is 35.2 Å². The highest BCUT2D eigenvalue weighted by Crippen LogP contribution is 2.31. The van der Waals surface area contributed by atoms with Gasteiger partial charge in [0.2, 0.25) is 0 Å². The third-order valence-electron chi connectivity index (χ3n) is 5.16. The normalized spacial score (nSPS) is 19.2. The summed E-state index contributed by atoms with van der Waals surface area (Å²) < 4.78 is 19.0. The molecule has 0 bridgehead atoms. The number of amides is 1. The van der Waals surface area contributed by atoms with Crippen molar-refractivity contribution < 1.29 is 13.9 Å². The van der Waals surface area contributed by atoms with Crippen LogP contribution in [0, 0.1) is 5.82 Å². The molecule has 1 unspecified atom stereocenters. The lowest BCUT2D eigenvalue weighted by Crippen LogP contribution is -2.35. The molecule has 0 aliphatic carbocycles. The summed E-state index contributed by atoms with van der Waals surface area (Å²) in [7, 11) is 0. The van der Waals surface area contributed by atoms with Crippen LogP contribution in [0.5, 0.6) is 0 Å². The maximum atomic E-state index is 13.6. The summed E-state index contributed by atoms with van der Waals surface area (Å²) in [5.41, 5.74) is 1.99. The lowest BCUT2D eigenvalue weighted by Gasteiger charge is -2.25. The number of hydrogen-bond donors (Lipinski definition) is 2. The van der Waals surface area contributed by atoms with Gasteiger partial charge in [-0.15, -0.1) is 0 Å². The van der Waals surface area contributed by atoms with Crippen LogP contribution in [0.3, 0.4) is 0 Å². The molecule has 0 spiro atoms. The van der Waals surface area contributed by atoms with Crippen molar-refractivity contribution in [2.24, 2.45) is 0 Å². The summed E-state index contributed by atoms with van der Waals surface area (Å²) in [6.45, 7) is 2.60. The summed E-state index contributed by atoms with van der Waals surface area (Å²) in [6.07, 6.45) is 1.70. The van der Waals surface area contributed by atoms with Crippen molar-refractivity contribution in [2.45, 2.75) is 25.4 Å². The number of nitrogens with zero attached hydrogens (tertiary/aromatic N) is 2. The van der Waals surface area contributed by atoms with Gasteiger partial charge in [0.15, 0.2) is 5.13 Å². The van der Waals surface area contributed by atoms with Crippen molar-refractivity contribution in [1.82, 2.24) is 14.9 Å². The Morgan fingerprint density at radius 2 is 2.32 bits per heavy atom. The Hall–Kier alpha value is -2.16. The summed E-state index contributed by atoms with van der Waals surface area (Å²) in [4.78, 5) is 23.5. The van der Waals surface area contributed by atoms with E-state index in [0.29, 0.717) is 47.4 Å². The fourth-order valence-corrected chi connectivity index (χ4v) is 5.06. The van der Waals surface area contributed by atoms with Gasteiger partial charge in [-0.1, -0.05) is 22.9 Å². The molecule has 9 heteroatoms. The number of aromatic amines is 1. The van der Waals surface area contributed by atoms with Gasteiger partial charge < -0.3 is 19.9 Å². The number of anilines is 1. The molecule has 1 fully saturated rings. The van der Waals surface area contributed by atoms with Crippen molar-refractivity contribution in [1.29, 1.82) is 0 Å². The number of H-pyrrole nitrogens is 1. The largest absolute Gasteiger partial charge is 0.379 e. The number of halogens is 2. The number of fused-ring (bicyclic) bond motifs is 2. The van der Waals surface area contributed by atoms with Gasteiger partial charge in [0.25, 0.3) is 5.91 Å². The molecular weight excluding hydrogens is 403 g/mol. The molecule has 28 heavy (non-hydrogen) atoms. The fourth-order valence-electron chi connectivity index (χ4n) is 3.70. The molecule has 4 heterocycles. The quantitative estimate of drug-likeness (QED) is 0.675. The fraction of sp³-hybridized carbons (Fsp3) is 0.368. The molecule has 1 atom stereocenters. The number of benzene rings is 1. The zero-order valence-corrected chi connectivity index (χ0v) is 16.5. The van der Waals surface area contributed by atoms with Gasteiger partial charge in [-0.25, -0.2) is 9.37 Å². The zero-order valence-electron chi connectivity index (χ0n) is 14.9. The van der Waals surface area contributed by atoms with E-state index in [1.165, 1.54) is 12.1 Å². The van der Waals surface area contributed by atoms with Crippen LogP contribution < -0.4 is 5.32 Å². The molecule has 5 rings (SSSR count). The van der Waals surface area contributed by atoms with E-state index in [9.17, 15) is 9.18 Å². The molecule has 2 aliphatic heterocycles. The van der Waals surface area contributed by atoms with Crippen LogP contribution in [0.15, 0.2) is 18.2 Å². The number of nitrogens with one attached hydrogen (secondary N) is 2. The van der Waals surface area contributed by atoms with Gasteiger partial charge in [-0.2, -0.15) is 0 Å². The number of rotatable bonds is 3. The monoisotopic (exact) mass is 420 g/mol. The Labute approximate surface area is 169 Å². The third kappa shape index (κ3) is 3.25. The first-order chi connectivity index (χ1) is 13.6. The second-order valence-electron chi connectivity index (χ2n) is 7.10. The Bertz CT molecular complexity index is 1060. The highest BCUT2D eigenvalue weighted by molar-refractivity contribution is 7.15. The molecule has 146 valence electrons. The molecule has 2 aromatic heterocycles. The molecule has 6 nitrogen and oxygen atoms in total. The maximum Gasteiger partial charge on any atom is 0.270 e. The summed E-state index contributed by atoms with van der Waals surface area (Å²) in [5.74, 6) is -0.552. The third-order valence-corrected chi connectivity index (χ3v) is 6.48. The molecule has 1 aromatic carbocycles. The predicted molar refractivity (Wildman–Crippen MR) is 107 cm³/mol. The summed E-state index contributed by atoms with van der Waals surface area (Å²) >= 11 is 7.69. The van der Waals surface area contributed by atoms with Gasteiger partial charge in [-0.3, -0.25) is 4.79 Å². The van der Waals surface area contributed by atoms with E-state index in [1.54, 1.807) is 22.3 Å². The van der Waals surface area contributed by atoms with Crippen LogP contribution in [0.4, 0.5) is 9.52 Å². The first kappa shape index (κ1) is 17.9. The van der Waals surface area contributed by atoms with Gasteiger partial charge >= 0.3 is 0 Å². The topological polar surface area (TPSA) is 70.2 Å². The van der Waals surface area contributed by atoms with E-state index in [4.69, 9.17) is 16.3 Å². The smallest absolute Gasteiger partial charge is 0.270 e. The molecule has 3 aromatic rings. The van der Waals surface area contributed by atoms with Gasteiger partial charge in [0.1, 0.15) is 11.5 Å². The Morgan fingerprint density at radius 3 is 3.14 bits per heavy atom. The highest BCUT2D eigenvalue weighted by atomic mass is 35.5. The maximum absolute atomic E-state index is 13.6. The van der Waals surface area contributed by atoms with Crippen LogP contribution >= 0.6 is 22.9 Å².